The fourth-order valence-corrected chi connectivity index (χ4v) is 7.10. The third-order valence-electron chi connectivity index (χ3n) is 8.82. The Morgan fingerprint density at radius 3 is 2.45 bits per heavy atom. The van der Waals surface area contributed by atoms with Crippen LogP contribution in [0.1, 0.15) is 77.1 Å². The first kappa shape index (κ1) is 38.1. The summed E-state index contributed by atoms with van der Waals surface area (Å²) in [5.41, 5.74) is -2.90. The van der Waals surface area contributed by atoms with E-state index >= 15 is 0 Å². The quantitative estimate of drug-likeness (QED) is 0.199. The molecule has 0 radical (unpaired) electrons. The Bertz CT molecular complexity index is 1880. The summed E-state index contributed by atoms with van der Waals surface area (Å²) in [6.07, 6.45) is -1.73. The van der Waals surface area contributed by atoms with E-state index in [2.05, 4.69) is 20.4 Å². The van der Waals surface area contributed by atoms with Gasteiger partial charge in [0, 0.05) is 30.9 Å². The molecule has 0 bridgehead atoms. The zero-order valence-electron chi connectivity index (χ0n) is 28.9. The normalized spacial score (nSPS) is 18.3. The molecule has 13 nitrogen and oxygen atoms in total. The van der Waals surface area contributed by atoms with Crippen LogP contribution in [-0.4, -0.2) is 82.1 Å². The van der Waals surface area contributed by atoms with Crippen LogP contribution in [0, 0.1) is 11.3 Å². The minimum absolute atomic E-state index is 0.0790. The second-order valence-electron chi connectivity index (χ2n) is 14.5. The van der Waals surface area contributed by atoms with Gasteiger partial charge in [-0.3, -0.25) is 4.79 Å². The summed E-state index contributed by atoms with van der Waals surface area (Å²) in [4.78, 5) is 35.7. The summed E-state index contributed by atoms with van der Waals surface area (Å²) in [5, 5.41) is 6.55. The number of nitrogens with one attached hydrogen (secondary N) is 2. The van der Waals surface area contributed by atoms with Gasteiger partial charge < -0.3 is 19.7 Å². The van der Waals surface area contributed by atoms with Crippen LogP contribution in [-0.2, 0) is 14.8 Å². The molecule has 51 heavy (non-hydrogen) atoms. The molecule has 2 amide bonds. The zero-order chi connectivity index (χ0) is 37.4. The molecule has 1 saturated heterocycles. The molecule has 1 atom stereocenters. The second kappa shape index (κ2) is 14.1. The molecule has 278 valence electrons. The number of likely N-dealkylation sites (tertiary alicyclic amines) is 1. The molecular weight excluding hydrogens is 715 g/mol. The van der Waals surface area contributed by atoms with Crippen molar-refractivity contribution in [1.82, 2.24) is 29.4 Å². The molecule has 0 spiro atoms. The molecule has 0 aromatic carbocycles. The number of aromatic nitrogens is 4. The van der Waals surface area contributed by atoms with Gasteiger partial charge in [-0.2, -0.15) is 21.6 Å². The maximum absolute atomic E-state index is 13.2. The van der Waals surface area contributed by atoms with Gasteiger partial charge in [0.05, 0.1) is 17.6 Å². The molecule has 5 rings (SSSR count). The molecule has 4 heterocycles. The van der Waals surface area contributed by atoms with Gasteiger partial charge in [-0.1, -0.05) is 17.7 Å². The first-order valence-corrected chi connectivity index (χ1v) is 18.3. The summed E-state index contributed by atoms with van der Waals surface area (Å²) in [5.74, 6) is -0.338. The summed E-state index contributed by atoms with van der Waals surface area (Å²) in [7, 11) is -4.42. The maximum Gasteiger partial charge on any atom is 0.410 e. The highest BCUT2D eigenvalue weighted by Gasteiger charge is 2.62. The van der Waals surface area contributed by atoms with Gasteiger partial charge in [0.1, 0.15) is 16.6 Å². The fraction of sp³-hybridized carbons (Fsp3) is 0.545. The second-order valence-corrected chi connectivity index (χ2v) is 16.5. The molecule has 1 aliphatic heterocycles. The number of hydrogen-bond acceptors (Lipinski definition) is 10. The Morgan fingerprint density at radius 2 is 1.80 bits per heavy atom. The Balaban J connectivity index is 1.14. The Kier molecular flexibility index (Phi) is 10.6. The van der Waals surface area contributed by atoms with Gasteiger partial charge in [0.15, 0.2) is 10.8 Å². The van der Waals surface area contributed by atoms with Crippen LogP contribution in [0.3, 0.4) is 0 Å². The zero-order valence-corrected chi connectivity index (χ0v) is 30.5. The highest BCUT2D eigenvalue weighted by molar-refractivity contribution is 7.90. The number of alkyl halides is 3. The van der Waals surface area contributed by atoms with Crippen LogP contribution >= 0.6 is 11.6 Å². The lowest BCUT2D eigenvalue weighted by Crippen LogP contribution is -2.45. The lowest BCUT2D eigenvalue weighted by Gasteiger charge is -2.33. The van der Waals surface area contributed by atoms with Crippen molar-refractivity contribution in [3.63, 3.8) is 0 Å². The van der Waals surface area contributed by atoms with E-state index in [1.807, 2.05) is 39.3 Å². The largest absolute Gasteiger partial charge is 0.477 e. The summed E-state index contributed by atoms with van der Waals surface area (Å²) in [6.45, 7) is 10.3. The highest BCUT2D eigenvalue weighted by atomic mass is 35.5. The molecule has 1 aliphatic carbocycles. The van der Waals surface area contributed by atoms with Crippen LogP contribution in [0.5, 0.6) is 5.88 Å². The predicted octanol–water partition coefficient (Wildman–Crippen LogP) is 6.38. The Hall–Kier alpha value is -4.12. The molecule has 18 heteroatoms. The number of hydrogen-bond donors (Lipinski definition) is 2. The van der Waals surface area contributed by atoms with Crippen molar-refractivity contribution in [2.45, 2.75) is 89.1 Å². The lowest BCUT2D eigenvalue weighted by atomic mass is 9.94. The number of sulfonamides is 1. The van der Waals surface area contributed by atoms with E-state index in [1.54, 1.807) is 11.0 Å². The smallest absolute Gasteiger partial charge is 0.410 e. The van der Waals surface area contributed by atoms with Crippen molar-refractivity contribution in [2.24, 2.45) is 11.3 Å². The van der Waals surface area contributed by atoms with E-state index in [4.69, 9.17) is 21.1 Å². The third kappa shape index (κ3) is 9.22. The number of ether oxygens (including phenoxy) is 2. The van der Waals surface area contributed by atoms with Gasteiger partial charge in [0.2, 0.25) is 5.88 Å². The van der Waals surface area contributed by atoms with Crippen molar-refractivity contribution in [1.29, 1.82) is 0 Å². The molecule has 1 unspecified atom stereocenters. The fourth-order valence-electron chi connectivity index (χ4n) is 5.93. The molecule has 2 fully saturated rings. The van der Waals surface area contributed by atoms with E-state index in [-0.39, 0.29) is 71.7 Å². The monoisotopic (exact) mass is 755 g/mol. The number of carbonyl (C=O) groups is 2. The van der Waals surface area contributed by atoms with Crippen molar-refractivity contribution in [3.05, 3.63) is 53.3 Å². The number of nitrogens with zero attached hydrogens (tertiary/aromatic N) is 5. The minimum Gasteiger partial charge on any atom is -0.477 e. The average molecular weight is 756 g/mol. The number of rotatable bonds is 12. The van der Waals surface area contributed by atoms with Crippen molar-refractivity contribution in [2.75, 3.05) is 25.0 Å². The molecule has 1 saturated carbocycles. The molecule has 3 aromatic rings. The van der Waals surface area contributed by atoms with Gasteiger partial charge in [-0.25, -0.2) is 24.2 Å². The summed E-state index contributed by atoms with van der Waals surface area (Å²) >= 11 is 6.25. The van der Waals surface area contributed by atoms with Crippen LogP contribution in [0.15, 0.2) is 47.6 Å². The van der Waals surface area contributed by atoms with Gasteiger partial charge in [0.25, 0.3) is 15.9 Å². The van der Waals surface area contributed by atoms with Crippen LogP contribution in [0.4, 0.5) is 23.8 Å². The van der Waals surface area contributed by atoms with E-state index in [1.165, 1.54) is 41.2 Å². The molecule has 2 N–H and O–H groups in total. The average Bonchev–Trinajstić information content (AvgIpc) is 3.56. The predicted molar refractivity (Wildman–Crippen MR) is 181 cm³/mol. The molecule has 3 aromatic heterocycles. The summed E-state index contributed by atoms with van der Waals surface area (Å²) < 4.78 is 79.9. The Labute approximate surface area is 299 Å². The SMILES string of the molecule is CC(C)(C)OC(=O)N1CC(CCNc2cccc(S(=O)(=O)NC(=O)c3ccc(-n4ccc(OCCC5(C(F)(F)F)CC5)n4)nc3Cl)n2)CC1(C)C. The topological polar surface area (TPSA) is 158 Å². The highest BCUT2D eigenvalue weighted by Crippen LogP contribution is 2.59. The van der Waals surface area contributed by atoms with Gasteiger partial charge in [-0.15, -0.1) is 5.10 Å². The molecular formula is C33H41ClF3N7O6S. The van der Waals surface area contributed by atoms with Crippen molar-refractivity contribution in [3.8, 4) is 11.7 Å². The first-order chi connectivity index (χ1) is 23.7. The number of carbonyl (C=O) groups excluding carboxylic acids is 2. The van der Waals surface area contributed by atoms with E-state index < -0.39 is 38.1 Å². The maximum atomic E-state index is 13.2. The first-order valence-electron chi connectivity index (χ1n) is 16.4. The standard InChI is InChI=1S/C33H41ClF3N7O6S/c1-30(2,3)50-29(46)43-20-21(19-31(43,4)5)11-16-38-23-7-6-8-26(39-23)51(47,48)42-28(45)22-9-10-24(40-27(22)34)44-17-12-25(41-44)49-18-15-32(13-14-32)33(35,36)37/h6-10,12,17,21H,11,13-16,18-20H2,1-5H3,(H,38,39)(H,42,45). The number of amides is 2. The lowest BCUT2D eigenvalue weighted by molar-refractivity contribution is -0.190. The molecule has 2 aliphatic rings. The summed E-state index contributed by atoms with van der Waals surface area (Å²) in [6, 6.07) is 8.41. The third-order valence-corrected chi connectivity index (χ3v) is 10.3. The van der Waals surface area contributed by atoms with Crippen molar-refractivity contribution >= 4 is 39.4 Å². The van der Waals surface area contributed by atoms with Crippen LogP contribution < -0.4 is 14.8 Å². The number of anilines is 1. The van der Waals surface area contributed by atoms with Crippen LogP contribution in [0.2, 0.25) is 5.15 Å². The van der Waals surface area contributed by atoms with Crippen molar-refractivity contribution < 1.29 is 40.7 Å². The van der Waals surface area contributed by atoms with Gasteiger partial charge >= 0.3 is 12.3 Å². The van der Waals surface area contributed by atoms with E-state index in [9.17, 15) is 31.2 Å². The van der Waals surface area contributed by atoms with E-state index in [0.717, 1.165) is 6.42 Å². The van der Waals surface area contributed by atoms with E-state index in [0.29, 0.717) is 19.5 Å². The minimum atomic E-state index is -4.42. The van der Waals surface area contributed by atoms with Crippen LogP contribution in [0.25, 0.3) is 5.82 Å². The number of halogens is 4. The van der Waals surface area contributed by atoms with Gasteiger partial charge in [-0.05, 0) is 96.9 Å². The number of pyridine rings is 2. The Morgan fingerprint density at radius 1 is 1.08 bits per heavy atom.